The van der Waals surface area contributed by atoms with Crippen LogP contribution in [0.1, 0.15) is 19.8 Å². The number of carbonyl (C=O) groups excluding carboxylic acids is 2. The molecule has 1 heterocycles. The van der Waals surface area contributed by atoms with Gasteiger partial charge in [-0.25, -0.2) is 0 Å². The first-order chi connectivity index (χ1) is 15.6. The number of carbonyl (C=O) groups is 2. The molecule has 1 N–H and O–H groups in total. The molecule has 3 rings (SSSR count). The molecule has 7 nitrogen and oxygen atoms in total. The van der Waals surface area contributed by atoms with Crippen molar-refractivity contribution in [2.45, 2.75) is 19.8 Å². The number of amides is 2. The number of hydrogen-bond acceptors (Lipinski definition) is 5. The molecular weight excluding hydrogens is 430 g/mol. The molecule has 0 aliphatic carbocycles. The summed E-state index contributed by atoms with van der Waals surface area (Å²) < 4.78 is 11.2. The lowest BCUT2D eigenvalue weighted by molar-refractivity contribution is -0.133. The van der Waals surface area contributed by atoms with Gasteiger partial charge in [0.25, 0.3) is 0 Å². The summed E-state index contributed by atoms with van der Waals surface area (Å²) in [6.07, 6.45) is 0.856. The number of nitrogens with zero attached hydrogens (tertiary/aromatic N) is 2. The minimum absolute atomic E-state index is 0.0216. The minimum atomic E-state index is -0.153. The molecule has 2 aromatic carbocycles. The number of piperazine rings is 1. The van der Waals surface area contributed by atoms with Crippen LogP contribution in [-0.2, 0) is 9.59 Å². The zero-order chi connectivity index (χ0) is 22.8. The van der Waals surface area contributed by atoms with E-state index in [4.69, 9.17) is 21.1 Å². The van der Waals surface area contributed by atoms with Crippen LogP contribution in [0.15, 0.2) is 48.5 Å². The Balaban J connectivity index is 1.31. The van der Waals surface area contributed by atoms with Crippen molar-refractivity contribution in [2.75, 3.05) is 50.8 Å². The SMILES string of the molecule is CCOc1ccccc1OCCCC(=O)NCC(=O)N1CCN(c2ccc(Cl)cc2)CC1. The van der Waals surface area contributed by atoms with Gasteiger partial charge in [-0.1, -0.05) is 23.7 Å². The van der Waals surface area contributed by atoms with Gasteiger partial charge in [-0.2, -0.15) is 0 Å². The van der Waals surface area contributed by atoms with Crippen molar-refractivity contribution in [1.82, 2.24) is 10.2 Å². The van der Waals surface area contributed by atoms with E-state index in [-0.39, 0.29) is 18.4 Å². The standard InChI is InChI=1S/C24H30ClN3O4/c1-2-31-21-6-3-4-7-22(21)32-17-5-8-23(29)26-18-24(30)28-15-13-27(14-16-28)20-11-9-19(25)10-12-20/h3-4,6-7,9-12H,2,5,8,13-18H2,1H3,(H,26,29). The smallest absolute Gasteiger partial charge is 0.242 e. The second-order valence-electron chi connectivity index (χ2n) is 7.45. The van der Waals surface area contributed by atoms with Crippen LogP contribution >= 0.6 is 11.6 Å². The van der Waals surface area contributed by atoms with Crippen LogP contribution in [0.3, 0.4) is 0 Å². The highest BCUT2D eigenvalue weighted by atomic mass is 35.5. The van der Waals surface area contributed by atoms with Crippen molar-refractivity contribution in [2.24, 2.45) is 0 Å². The summed E-state index contributed by atoms with van der Waals surface area (Å²) in [5, 5.41) is 3.43. The van der Waals surface area contributed by atoms with Gasteiger partial charge in [0.2, 0.25) is 11.8 Å². The van der Waals surface area contributed by atoms with Gasteiger partial charge in [0, 0.05) is 43.3 Å². The van der Waals surface area contributed by atoms with Crippen LogP contribution in [0, 0.1) is 0 Å². The molecule has 0 bridgehead atoms. The number of hydrogen-bond donors (Lipinski definition) is 1. The number of para-hydroxylation sites is 2. The summed E-state index contributed by atoms with van der Waals surface area (Å²) >= 11 is 5.94. The van der Waals surface area contributed by atoms with Gasteiger partial charge >= 0.3 is 0 Å². The summed E-state index contributed by atoms with van der Waals surface area (Å²) in [5.41, 5.74) is 1.10. The third-order valence-corrected chi connectivity index (χ3v) is 5.47. The Morgan fingerprint density at radius 3 is 2.28 bits per heavy atom. The highest BCUT2D eigenvalue weighted by Gasteiger charge is 2.21. The quantitative estimate of drug-likeness (QED) is 0.551. The maximum atomic E-state index is 12.4. The van der Waals surface area contributed by atoms with E-state index >= 15 is 0 Å². The fraction of sp³-hybridized carbons (Fsp3) is 0.417. The molecule has 1 aliphatic heterocycles. The first-order valence-corrected chi connectivity index (χ1v) is 11.3. The van der Waals surface area contributed by atoms with Gasteiger partial charge in [0.15, 0.2) is 11.5 Å². The van der Waals surface area contributed by atoms with Crippen molar-refractivity contribution < 1.29 is 19.1 Å². The Bertz CT molecular complexity index is 883. The van der Waals surface area contributed by atoms with E-state index < -0.39 is 0 Å². The predicted molar refractivity (Wildman–Crippen MR) is 126 cm³/mol. The molecule has 8 heteroatoms. The molecule has 0 atom stereocenters. The molecule has 0 saturated carbocycles. The number of rotatable bonds is 10. The second kappa shape index (κ2) is 12.2. The molecule has 2 aromatic rings. The minimum Gasteiger partial charge on any atom is -0.490 e. The first kappa shape index (κ1) is 23.7. The average molecular weight is 460 g/mol. The van der Waals surface area contributed by atoms with Crippen LogP contribution in [0.5, 0.6) is 11.5 Å². The van der Waals surface area contributed by atoms with Gasteiger partial charge in [-0.3, -0.25) is 9.59 Å². The molecule has 1 fully saturated rings. The molecular formula is C24H30ClN3O4. The predicted octanol–water partition coefficient (Wildman–Crippen LogP) is 3.36. The first-order valence-electron chi connectivity index (χ1n) is 11.0. The highest BCUT2D eigenvalue weighted by Crippen LogP contribution is 2.26. The van der Waals surface area contributed by atoms with Crippen molar-refractivity contribution >= 4 is 29.1 Å². The summed E-state index contributed by atoms with van der Waals surface area (Å²) in [6.45, 7) is 5.67. The summed E-state index contributed by atoms with van der Waals surface area (Å²) in [6, 6.07) is 15.2. The lowest BCUT2D eigenvalue weighted by Crippen LogP contribution is -2.51. The molecule has 172 valence electrons. The van der Waals surface area contributed by atoms with Crippen LogP contribution in [0.2, 0.25) is 5.02 Å². The van der Waals surface area contributed by atoms with Crippen molar-refractivity contribution in [1.29, 1.82) is 0 Å². The average Bonchev–Trinajstić information content (AvgIpc) is 2.82. The fourth-order valence-corrected chi connectivity index (χ4v) is 3.63. The number of halogens is 1. The number of ether oxygens (including phenoxy) is 2. The van der Waals surface area contributed by atoms with Crippen LogP contribution in [0.4, 0.5) is 5.69 Å². The maximum absolute atomic E-state index is 12.4. The van der Waals surface area contributed by atoms with Crippen LogP contribution in [0.25, 0.3) is 0 Å². The van der Waals surface area contributed by atoms with Crippen LogP contribution < -0.4 is 19.7 Å². The molecule has 1 aliphatic rings. The van der Waals surface area contributed by atoms with Crippen LogP contribution in [-0.4, -0.2) is 62.7 Å². The molecule has 0 unspecified atom stereocenters. The number of benzene rings is 2. The maximum Gasteiger partial charge on any atom is 0.242 e. The monoisotopic (exact) mass is 459 g/mol. The van der Waals surface area contributed by atoms with Gasteiger partial charge in [-0.05, 0) is 49.7 Å². The Morgan fingerprint density at radius 1 is 0.969 bits per heavy atom. The van der Waals surface area contributed by atoms with Gasteiger partial charge in [-0.15, -0.1) is 0 Å². The summed E-state index contributed by atoms with van der Waals surface area (Å²) in [7, 11) is 0. The van der Waals surface area contributed by atoms with E-state index in [1.165, 1.54) is 0 Å². The molecule has 0 radical (unpaired) electrons. The molecule has 1 saturated heterocycles. The van der Waals surface area contributed by atoms with Crippen molar-refractivity contribution in [3.8, 4) is 11.5 Å². The normalized spacial score (nSPS) is 13.6. The lowest BCUT2D eigenvalue weighted by atomic mass is 10.2. The Morgan fingerprint density at radius 2 is 1.62 bits per heavy atom. The summed E-state index contributed by atoms with van der Waals surface area (Å²) in [5.74, 6) is 1.15. The molecule has 0 aromatic heterocycles. The lowest BCUT2D eigenvalue weighted by Gasteiger charge is -2.36. The molecule has 2 amide bonds. The summed E-state index contributed by atoms with van der Waals surface area (Å²) in [4.78, 5) is 28.6. The molecule has 0 spiro atoms. The number of anilines is 1. The molecule has 32 heavy (non-hydrogen) atoms. The van der Waals surface area contributed by atoms with E-state index in [0.29, 0.717) is 55.7 Å². The van der Waals surface area contributed by atoms with Gasteiger partial charge in [0.1, 0.15) is 0 Å². The van der Waals surface area contributed by atoms with Crippen molar-refractivity contribution in [3.63, 3.8) is 0 Å². The van der Waals surface area contributed by atoms with E-state index in [9.17, 15) is 9.59 Å². The highest BCUT2D eigenvalue weighted by molar-refractivity contribution is 6.30. The Labute approximate surface area is 194 Å². The zero-order valence-electron chi connectivity index (χ0n) is 18.4. The Hall–Kier alpha value is -2.93. The third-order valence-electron chi connectivity index (χ3n) is 5.22. The largest absolute Gasteiger partial charge is 0.490 e. The topological polar surface area (TPSA) is 71.1 Å². The second-order valence-corrected chi connectivity index (χ2v) is 7.89. The third kappa shape index (κ3) is 7.05. The van der Waals surface area contributed by atoms with Gasteiger partial charge in [0.05, 0.1) is 19.8 Å². The fourth-order valence-electron chi connectivity index (χ4n) is 3.50. The Kier molecular flexibility index (Phi) is 9.04. The van der Waals surface area contributed by atoms with Gasteiger partial charge < -0.3 is 24.6 Å². The van der Waals surface area contributed by atoms with E-state index in [0.717, 1.165) is 18.8 Å². The zero-order valence-corrected chi connectivity index (χ0v) is 19.1. The van der Waals surface area contributed by atoms with E-state index in [2.05, 4.69) is 10.2 Å². The van der Waals surface area contributed by atoms with E-state index in [1.54, 1.807) is 4.90 Å². The van der Waals surface area contributed by atoms with E-state index in [1.807, 2.05) is 55.5 Å². The van der Waals surface area contributed by atoms with Crippen molar-refractivity contribution in [3.05, 3.63) is 53.6 Å². The number of nitrogens with one attached hydrogen (secondary N) is 1.